The molecule has 0 bridgehead atoms. The van der Waals surface area contributed by atoms with E-state index in [2.05, 4.69) is 38.5 Å². The van der Waals surface area contributed by atoms with Crippen LogP contribution in [-0.4, -0.2) is 73.5 Å². The summed E-state index contributed by atoms with van der Waals surface area (Å²) in [7, 11) is 1.52. The smallest absolute Gasteiger partial charge is 0.254 e. The molecule has 0 unspecified atom stereocenters. The van der Waals surface area contributed by atoms with E-state index in [1.54, 1.807) is 12.3 Å². The fraction of sp³-hybridized carbons (Fsp3) is 0.417. The van der Waals surface area contributed by atoms with Crippen LogP contribution in [0.4, 0.5) is 0 Å². The van der Waals surface area contributed by atoms with Gasteiger partial charge in [0.15, 0.2) is 11.5 Å². The molecule has 0 aromatic heterocycles. The van der Waals surface area contributed by atoms with Gasteiger partial charge in [0.25, 0.3) is 5.91 Å². The van der Waals surface area contributed by atoms with Crippen LogP contribution < -0.4 is 10.2 Å². The van der Waals surface area contributed by atoms with Crippen LogP contribution in [-0.2, 0) is 29.0 Å². The number of nitrogens with zero attached hydrogens (tertiary/aromatic N) is 3. The first-order valence-corrected chi connectivity index (χ1v) is 10.9. The van der Waals surface area contributed by atoms with Gasteiger partial charge in [-0.2, -0.15) is 5.10 Å². The summed E-state index contributed by atoms with van der Waals surface area (Å²) in [6.45, 7) is 5.53. The number of amides is 1. The Bertz CT molecular complexity index is 972. The molecular formula is C24H30N4O4. The maximum atomic E-state index is 12.4. The maximum absolute atomic E-state index is 12.4. The van der Waals surface area contributed by atoms with Crippen molar-refractivity contribution in [1.29, 1.82) is 0 Å². The van der Waals surface area contributed by atoms with E-state index in [1.165, 1.54) is 18.2 Å². The second-order valence-corrected chi connectivity index (χ2v) is 8.14. The highest BCUT2D eigenvalue weighted by Crippen LogP contribution is 2.32. The average molecular weight is 439 g/mol. The third-order valence-corrected chi connectivity index (χ3v) is 5.87. The lowest BCUT2D eigenvalue weighted by Crippen LogP contribution is -2.38. The third-order valence-electron chi connectivity index (χ3n) is 5.87. The van der Waals surface area contributed by atoms with Gasteiger partial charge in [0, 0.05) is 38.3 Å². The van der Waals surface area contributed by atoms with Gasteiger partial charge in [-0.25, -0.2) is 5.43 Å². The van der Waals surface area contributed by atoms with Crippen molar-refractivity contribution in [3.63, 3.8) is 0 Å². The van der Waals surface area contributed by atoms with Crippen LogP contribution in [0.15, 0.2) is 41.5 Å². The van der Waals surface area contributed by atoms with Crippen LogP contribution >= 0.6 is 0 Å². The van der Waals surface area contributed by atoms with Crippen molar-refractivity contribution in [3.8, 4) is 11.5 Å². The maximum Gasteiger partial charge on any atom is 0.254 e. The van der Waals surface area contributed by atoms with Crippen molar-refractivity contribution >= 4 is 12.1 Å². The molecule has 8 heteroatoms. The number of hydrogen-bond donors (Lipinski definition) is 2. The van der Waals surface area contributed by atoms with Crippen molar-refractivity contribution in [2.45, 2.75) is 19.5 Å². The second-order valence-electron chi connectivity index (χ2n) is 8.14. The molecule has 1 saturated heterocycles. The van der Waals surface area contributed by atoms with Crippen LogP contribution in [0.25, 0.3) is 0 Å². The first-order valence-electron chi connectivity index (χ1n) is 10.9. The fourth-order valence-electron chi connectivity index (χ4n) is 4.15. The topological polar surface area (TPSA) is 86.6 Å². The third kappa shape index (κ3) is 5.64. The number of ether oxygens (including phenoxy) is 2. The number of morpholine rings is 1. The number of hydrogen-bond acceptors (Lipinski definition) is 7. The van der Waals surface area contributed by atoms with Gasteiger partial charge in [-0.3, -0.25) is 14.6 Å². The van der Waals surface area contributed by atoms with Gasteiger partial charge in [0.1, 0.15) is 0 Å². The molecule has 0 atom stereocenters. The Kier molecular flexibility index (Phi) is 7.36. The summed E-state index contributed by atoms with van der Waals surface area (Å²) in [4.78, 5) is 16.7. The van der Waals surface area contributed by atoms with E-state index in [-0.39, 0.29) is 11.7 Å². The summed E-state index contributed by atoms with van der Waals surface area (Å²) < 4.78 is 10.7. The number of phenols is 1. The number of rotatable bonds is 7. The number of methoxy groups -OCH3 is 1. The predicted octanol–water partition coefficient (Wildman–Crippen LogP) is 1.74. The second kappa shape index (κ2) is 10.6. The Hall–Kier alpha value is -2.94. The van der Waals surface area contributed by atoms with Crippen molar-refractivity contribution in [2.75, 3.05) is 46.5 Å². The SMILES string of the molecule is COc1cc(C=NNC(=O)CN2CCc3ccccc3C2)cc(CN2CCOCC2)c1O. The summed E-state index contributed by atoms with van der Waals surface area (Å²) >= 11 is 0. The van der Waals surface area contributed by atoms with Crippen LogP contribution in [0.2, 0.25) is 0 Å². The highest BCUT2D eigenvalue weighted by Gasteiger charge is 2.18. The van der Waals surface area contributed by atoms with E-state index in [1.807, 2.05) is 12.1 Å². The summed E-state index contributed by atoms with van der Waals surface area (Å²) in [6.07, 6.45) is 2.53. The summed E-state index contributed by atoms with van der Waals surface area (Å²) in [5, 5.41) is 14.6. The highest BCUT2D eigenvalue weighted by atomic mass is 16.5. The van der Waals surface area contributed by atoms with E-state index in [9.17, 15) is 9.90 Å². The van der Waals surface area contributed by atoms with Gasteiger partial charge in [-0.05, 0) is 35.2 Å². The number of hydrazone groups is 1. The Morgan fingerprint density at radius 1 is 1.19 bits per heavy atom. The van der Waals surface area contributed by atoms with Crippen LogP contribution in [0, 0.1) is 0 Å². The zero-order chi connectivity index (χ0) is 22.3. The number of carbonyl (C=O) groups excluding carboxylic acids is 1. The van der Waals surface area contributed by atoms with Gasteiger partial charge >= 0.3 is 0 Å². The van der Waals surface area contributed by atoms with E-state index in [4.69, 9.17) is 9.47 Å². The molecule has 2 aromatic rings. The minimum absolute atomic E-state index is 0.130. The average Bonchev–Trinajstić information content (AvgIpc) is 2.81. The molecule has 2 heterocycles. The van der Waals surface area contributed by atoms with E-state index in [0.717, 1.165) is 43.7 Å². The predicted molar refractivity (Wildman–Crippen MR) is 122 cm³/mol. The summed E-state index contributed by atoms with van der Waals surface area (Å²) in [5.41, 5.74) is 6.75. The van der Waals surface area contributed by atoms with E-state index < -0.39 is 0 Å². The largest absolute Gasteiger partial charge is 0.504 e. The lowest BCUT2D eigenvalue weighted by molar-refractivity contribution is -0.122. The van der Waals surface area contributed by atoms with Crippen molar-refractivity contribution < 1.29 is 19.4 Å². The minimum atomic E-state index is -0.153. The molecule has 2 aromatic carbocycles. The number of benzene rings is 2. The lowest BCUT2D eigenvalue weighted by atomic mass is 10.00. The number of phenolic OH excluding ortho intramolecular Hbond substituents is 1. The Morgan fingerprint density at radius 3 is 2.75 bits per heavy atom. The first-order chi connectivity index (χ1) is 15.6. The lowest BCUT2D eigenvalue weighted by Gasteiger charge is -2.27. The Labute approximate surface area is 188 Å². The van der Waals surface area contributed by atoms with E-state index in [0.29, 0.717) is 32.1 Å². The normalized spacial score (nSPS) is 17.3. The van der Waals surface area contributed by atoms with Crippen LogP contribution in [0.5, 0.6) is 11.5 Å². The Balaban J connectivity index is 1.35. The molecule has 1 amide bonds. The van der Waals surface area contributed by atoms with Gasteiger partial charge in [-0.15, -0.1) is 0 Å². The molecule has 4 rings (SSSR count). The number of nitrogens with one attached hydrogen (secondary N) is 1. The molecule has 0 saturated carbocycles. The zero-order valence-corrected chi connectivity index (χ0v) is 18.4. The quantitative estimate of drug-likeness (QED) is 0.506. The van der Waals surface area contributed by atoms with Crippen molar-refractivity contribution in [2.24, 2.45) is 5.10 Å². The molecule has 2 N–H and O–H groups in total. The van der Waals surface area contributed by atoms with Crippen molar-refractivity contribution in [1.82, 2.24) is 15.2 Å². The number of aromatic hydroxyl groups is 1. The molecular weight excluding hydrogens is 408 g/mol. The molecule has 32 heavy (non-hydrogen) atoms. The van der Waals surface area contributed by atoms with Gasteiger partial charge in [0.2, 0.25) is 0 Å². The Morgan fingerprint density at radius 2 is 1.97 bits per heavy atom. The molecule has 0 aliphatic carbocycles. The molecule has 170 valence electrons. The molecule has 2 aliphatic rings. The molecule has 0 radical (unpaired) electrons. The standard InChI is InChI=1S/C24H30N4O4/c1-31-22-13-18(12-21(24(22)30)16-27-8-10-32-11-9-27)14-25-26-23(29)17-28-7-6-19-4-2-3-5-20(19)15-28/h2-5,12-14,30H,6-11,15-17H2,1H3,(H,26,29). The highest BCUT2D eigenvalue weighted by molar-refractivity contribution is 5.84. The first kappa shape index (κ1) is 22.3. The van der Waals surface area contributed by atoms with Gasteiger partial charge in [0.05, 0.1) is 33.1 Å². The van der Waals surface area contributed by atoms with Gasteiger partial charge in [-0.1, -0.05) is 24.3 Å². The summed E-state index contributed by atoms with van der Waals surface area (Å²) in [6, 6.07) is 11.9. The molecule has 1 fully saturated rings. The minimum Gasteiger partial charge on any atom is -0.504 e. The summed E-state index contributed by atoms with van der Waals surface area (Å²) in [5.74, 6) is 0.362. The number of fused-ring (bicyclic) bond motifs is 1. The van der Waals surface area contributed by atoms with E-state index >= 15 is 0 Å². The molecule has 2 aliphatic heterocycles. The monoisotopic (exact) mass is 438 g/mol. The van der Waals surface area contributed by atoms with Gasteiger partial charge < -0.3 is 14.6 Å². The fourth-order valence-corrected chi connectivity index (χ4v) is 4.15. The zero-order valence-electron chi connectivity index (χ0n) is 18.4. The molecule has 8 nitrogen and oxygen atoms in total. The van der Waals surface area contributed by atoms with Crippen LogP contribution in [0.3, 0.4) is 0 Å². The van der Waals surface area contributed by atoms with Crippen LogP contribution in [0.1, 0.15) is 22.3 Å². The molecule has 0 spiro atoms. The van der Waals surface area contributed by atoms with Crippen molar-refractivity contribution in [3.05, 3.63) is 58.7 Å². The number of carbonyl (C=O) groups is 1.